The molecule has 2 rings (SSSR count). The maximum Gasteiger partial charge on any atom is 0.295 e. The van der Waals surface area contributed by atoms with Crippen molar-refractivity contribution in [2.45, 2.75) is 5.16 Å². The van der Waals surface area contributed by atoms with Gasteiger partial charge in [-0.1, -0.05) is 11.8 Å². The van der Waals surface area contributed by atoms with E-state index in [2.05, 4.69) is 10.3 Å². The minimum atomic E-state index is -0.621. The number of imidazole rings is 1. The molecule has 0 aliphatic heterocycles. The molecule has 20 heavy (non-hydrogen) atoms. The summed E-state index contributed by atoms with van der Waals surface area (Å²) < 4.78 is 14.9. The largest absolute Gasteiger partial charge is 0.379 e. The molecule has 0 radical (unpaired) electrons. The number of aromatic nitrogens is 2. The minimum Gasteiger partial charge on any atom is -0.379 e. The standard InChI is InChI=1S/C12H13FN4O2S/c1-16-6-4-15-12(16)20-7-5-14-10-3-2-9(13)8-11(10)17(18)19/h2-4,6,8,14H,5,7H2,1H3. The highest BCUT2D eigenvalue weighted by atomic mass is 32.2. The number of nitrogens with zero attached hydrogens (tertiary/aromatic N) is 3. The van der Waals surface area contributed by atoms with Gasteiger partial charge in [-0.25, -0.2) is 9.37 Å². The number of nitrogens with one attached hydrogen (secondary N) is 1. The first-order valence-corrected chi connectivity index (χ1v) is 6.84. The lowest BCUT2D eigenvalue weighted by atomic mass is 10.2. The third kappa shape index (κ3) is 3.47. The van der Waals surface area contributed by atoms with E-state index < -0.39 is 10.7 Å². The van der Waals surface area contributed by atoms with Crippen LogP contribution in [0.1, 0.15) is 0 Å². The summed E-state index contributed by atoms with van der Waals surface area (Å²) >= 11 is 1.54. The van der Waals surface area contributed by atoms with E-state index in [-0.39, 0.29) is 5.69 Å². The predicted molar refractivity (Wildman–Crippen MR) is 75.5 cm³/mol. The maximum atomic E-state index is 13.0. The van der Waals surface area contributed by atoms with Gasteiger partial charge in [0.2, 0.25) is 0 Å². The van der Waals surface area contributed by atoms with E-state index in [0.717, 1.165) is 11.2 Å². The second kappa shape index (κ2) is 6.38. The van der Waals surface area contributed by atoms with Crippen LogP contribution in [0.25, 0.3) is 0 Å². The van der Waals surface area contributed by atoms with Gasteiger partial charge in [0.25, 0.3) is 5.69 Å². The van der Waals surface area contributed by atoms with E-state index in [1.54, 1.807) is 6.20 Å². The van der Waals surface area contributed by atoms with Gasteiger partial charge in [-0.15, -0.1) is 0 Å². The lowest BCUT2D eigenvalue weighted by Crippen LogP contribution is -2.07. The van der Waals surface area contributed by atoms with E-state index in [1.807, 2.05) is 17.8 Å². The molecular weight excluding hydrogens is 283 g/mol. The van der Waals surface area contributed by atoms with Crippen molar-refractivity contribution in [2.75, 3.05) is 17.6 Å². The van der Waals surface area contributed by atoms with Gasteiger partial charge in [0, 0.05) is 31.7 Å². The summed E-state index contributed by atoms with van der Waals surface area (Å²) in [5.41, 5.74) is 0.0591. The second-order valence-electron chi connectivity index (χ2n) is 4.01. The first-order valence-electron chi connectivity index (χ1n) is 5.86. The van der Waals surface area contributed by atoms with E-state index in [1.165, 1.54) is 23.9 Å². The monoisotopic (exact) mass is 296 g/mol. The molecule has 0 aliphatic rings. The van der Waals surface area contributed by atoms with Crippen molar-refractivity contribution in [2.24, 2.45) is 7.05 Å². The average Bonchev–Trinajstić information content (AvgIpc) is 2.81. The Morgan fingerprint density at radius 1 is 1.55 bits per heavy atom. The number of aryl methyl sites for hydroxylation is 1. The van der Waals surface area contributed by atoms with Crippen molar-refractivity contribution in [1.29, 1.82) is 0 Å². The van der Waals surface area contributed by atoms with E-state index in [9.17, 15) is 14.5 Å². The fourth-order valence-electron chi connectivity index (χ4n) is 1.62. The fourth-order valence-corrected chi connectivity index (χ4v) is 2.41. The Kier molecular flexibility index (Phi) is 4.57. The summed E-state index contributed by atoms with van der Waals surface area (Å²) in [4.78, 5) is 14.4. The molecule has 2 aromatic rings. The summed E-state index contributed by atoms with van der Waals surface area (Å²) in [5.74, 6) is 0.0731. The Labute approximate surface area is 119 Å². The number of nitro benzene ring substituents is 1. The quantitative estimate of drug-likeness (QED) is 0.384. The molecule has 0 amide bonds. The lowest BCUT2D eigenvalue weighted by Gasteiger charge is -2.07. The van der Waals surface area contributed by atoms with Crippen LogP contribution >= 0.6 is 11.8 Å². The van der Waals surface area contributed by atoms with Gasteiger partial charge in [0.1, 0.15) is 11.5 Å². The molecule has 6 nitrogen and oxygen atoms in total. The molecule has 0 aliphatic carbocycles. The number of hydrogen-bond acceptors (Lipinski definition) is 5. The number of halogens is 1. The molecule has 0 atom stereocenters. The van der Waals surface area contributed by atoms with Gasteiger partial charge in [-0.3, -0.25) is 10.1 Å². The van der Waals surface area contributed by atoms with Gasteiger partial charge < -0.3 is 9.88 Å². The number of rotatable bonds is 6. The summed E-state index contributed by atoms with van der Waals surface area (Å²) in [7, 11) is 1.90. The number of nitro groups is 1. The average molecular weight is 296 g/mol. The highest BCUT2D eigenvalue weighted by molar-refractivity contribution is 7.99. The number of anilines is 1. The van der Waals surface area contributed by atoms with Crippen LogP contribution in [-0.2, 0) is 7.05 Å². The third-order valence-electron chi connectivity index (χ3n) is 2.58. The van der Waals surface area contributed by atoms with Gasteiger partial charge in [-0.05, 0) is 12.1 Å². The predicted octanol–water partition coefficient (Wildman–Crippen LogP) is 2.67. The van der Waals surface area contributed by atoms with Crippen LogP contribution < -0.4 is 5.32 Å². The van der Waals surface area contributed by atoms with Crippen LogP contribution in [0.15, 0.2) is 35.7 Å². The van der Waals surface area contributed by atoms with Gasteiger partial charge in [0.05, 0.1) is 11.0 Å². The molecule has 0 saturated heterocycles. The summed E-state index contributed by atoms with van der Waals surface area (Å²) in [6.07, 6.45) is 3.56. The third-order valence-corrected chi connectivity index (χ3v) is 3.64. The topological polar surface area (TPSA) is 73.0 Å². The van der Waals surface area contributed by atoms with Crippen LogP contribution in [-0.4, -0.2) is 26.8 Å². The molecule has 0 bridgehead atoms. The fraction of sp³-hybridized carbons (Fsp3) is 0.250. The van der Waals surface area contributed by atoms with Crippen molar-refractivity contribution in [1.82, 2.24) is 9.55 Å². The van der Waals surface area contributed by atoms with Crippen molar-refractivity contribution in [3.8, 4) is 0 Å². The number of hydrogen-bond donors (Lipinski definition) is 1. The molecule has 1 N–H and O–H groups in total. The van der Waals surface area contributed by atoms with E-state index >= 15 is 0 Å². The first kappa shape index (κ1) is 14.3. The smallest absolute Gasteiger partial charge is 0.295 e. The van der Waals surface area contributed by atoms with Crippen molar-refractivity contribution in [3.63, 3.8) is 0 Å². The van der Waals surface area contributed by atoms with Crippen LogP contribution in [0, 0.1) is 15.9 Å². The second-order valence-corrected chi connectivity index (χ2v) is 5.08. The van der Waals surface area contributed by atoms with Crippen LogP contribution in [0.4, 0.5) is 15.8 Å². The van der Waals surface area contributed by atoms with Gasteiger partial charge in [-0.2, -0.15) is 0 Å². The Morgan fingerprint density at radius 2 is 2.35 bits per heavy atom. The summed E-state index contributed by atoms with van der Waals surface area (Å²) in [5, 5.41) is 14.6. The maximum absolute atomic E-state index is 13.0. The Bertz CT molecular complexity index is 617. The van der Waals surface area contributed by atoms with Gasteiger partial charge in [0.15, 0.2) is 5.16 Å². The zero-order chi connectivity index (χ0) is 14.5. The molecule has 0 spiro atoms. The molecule has 1 aromatic carbocycles. The van der Waals surface area contributed by atoms with E-state index in [0.29, 0.717) is 18.0 Å². The Balaban J connectivity index is 1.91. The van der Waals surface area contributed by atoms with Crippen LogP contribution in [0.3, 0.4) is 0 Å². The first-order chi connectivity index (χ1) is 9.58. The highest BCUT2D eigenvalue weighted by Gasteiger charge is 2.14. The molecule has 0 fully saturated rings. The molecule has 8 heteroatoms. The molecule has 1 aromatic heterocycles. The summed E-state index contributed by atoms with van der Waals surface area (Å²) in [6.45, 7) is 0.518. The number of benzene rings is 1. The zero-order valence-corrected chi connectivity index (χ0v) is 11.6. The molecule has 0 unspecified atom stereocenters. The van der Waals surface area contributed by atoms with Crippen molar-refractivity contribution < 1.29 is 9.31 Å². The van der Waals surface area contributed by atoms with Gasteiger partial charge >= 0.3 is 0 Å². The molecule has 1 heterocycles. The Morgan fingerprint density at radius 3 is 3.00 bits per heavy atom. The highest BCUT2D eigenvalue weighted by Crippen LogP contribution is 2.25. The van der Waals surface area contributed by atoms with E-state index in [4.69, 9.17) is 0 Å². The van der Waals surface area contributed by atoms with Crippen LogP contribution in [0.2, 0.25) is 0 Å². The number of thioether (sulfide) groups is 1. The molecule has 0 saturated carbocycles. The molecule has 106 valence electrons. The summed E-state index contributed by atoms with van der Waals surface area (Å²) in [6, 6.07) is 3.48. The molecular formula is C12H13FN4O2S. The minimum absolute atomic E-state index is 0.257. The SMILES string of the molecule is Cn1ccnc1SCCNc1ccc(F)cc1[N+](=O)[O-]. The van der Waals surface area contributed by atoms with Crippen LogP contribution in [0.5, 0.6) is 0 Å². The normalized spacial score (nSPS) is 10.5. The Hall–Kier alpha value is -2.09. The lowest BCUT2D eigenvalue weighted by molar-refractivity contribution is -0.384. The zero-order valence-electron chi connectivity index (χ0n) is 10.7. The van der Waals surface area contributed by atoms with Crippen molar-refractivity contribution >= 4 is 23.1 Å². The van der Waals surface area contributed by atoms with Crippen molar-refractivity contribution in [3.05, 3.63) is 46.5 Å².